The predicted octanol–water partition coefficient (Wildman–Crippen LogP) is 5.11. The Morgan fingerprint density at radius 2 is 1.93 bits per heavy atom. The van der Waals surface area contributed by atoms with Gasteiger partial charge in [0, 0.05) is 23.1 Å². The van der Waals surface area contributed by atoms with Gasteiger partial charge >= 0.3 is 5.97 Å². The van der Waals surface area contributed by atoms with Gasteiger partial charge in [0.2, 0.25) is 0 Å². The van der Waals surface area contributed by atoms with Crippen molar-refractivity contribution in [3.63, 3.8) is 0 Å². The maximum absolute atomic E-state index is 13.1. The van der Waals surface area contributed by atoms with Crippen molar-refractivity contribution in [3.05, 3.63) is 75.6 Å². The van der Waals surface area contributed by atoms with Crippen LogP contribution in [0.25, 0.3) is 16.2 Å². The summed E-state index contributed by atoms with van der Waals surface area (Å²) in [5.74, 6) is -1.87. The molecule has 2 aromatic carbocycles. The molecule has 0 aliphatic heterocycles. The molecule has 0 atom stereocenters. The van der Waals surface area contributed by atoms with Gasteiger partial charge in [0.25, 0.3) is 5.91 Å². The maximum atomic E-state index is 13.1. The standard InChI is InChI=1S/C20H13ClFN3O3S/c1-10-17(18(26)23-13-6-7-15(21)14(8-13)19(27)28)29-20-24-16(9-25(10)20)11-2-4-12(22)5-3-11/h2-9H,1H3,(H,23,26)(H,27,28). The zero-order valence-corrected chi connectivity index (χ0v) is 16.5. The van der Waals surface area contributed by atoms with Crippen LogP contribution in [0.3, 0.4) is 0 Å². The van der Waals surface area contributed by atoms with Crippen LogP contribution in [-0.4, -0.2) is 26.4 Å². The number of nitrogens with one attached hydrogen (secondary N) is 1. The summed E-state index contributed by atoms with van der Waals surface area (Å²) in [4.78, 5) is 29.5. The summed E-state index contributed by atoms with van der Waals surface area (Å²) in [5.41, 5.74) is 2.38. The molecular formula is C20H13ClFN3O3S. The summed E-state index contributed by atoms with van der Waals surface area (Å²) >= 11 is 7.07. The number of amides is 1. The number of carboxylic acid groups (broad SMARTS) is 1. The van der Waals surface area contributed by atoms with Crippen LogP contribution >= 0.6 is 22.9 Å². The van der Waals surface area contributed by atoms with Crippen molar-refractivity contribution in [2.75, 3.05) is 5.32 Å². The fourth-order valence-corrected chi connectivity index (χ4v) is 4.08. The van der Waals surface area contributed by atoms with Crippen LogP contribution < -0.4 is 5.32 Å². The number of anilines is 1. The van der Waals surface area contributed by atoms with Crippen molar-refractivity contribution in [1.82, 2.24) is 9.38 Å². The number of fused-ring (bicyclic) bond motifs is 1. The van der Waals surface area contributed by atoms with Gasteiger partial charge in [0.15, 0.2) is 4.96 Å². The zero-order chi connectivity index (χ0) is 20.7. The van der Waals surface area contributed by atoms with Gasteiger partial charge in [-0.25, -0.2) is 14.2 Å². The Bertz CT molecular complexity index is 1260. The van der Waals surface area contributed by atoms with Crippen molar-refractivity contribution >= 4 is 45.5 Å². The average molecular weight is 430 g/mol. The first-order valence-electron chi connectivity index (χ1n) is 8.42. The number of nitrogens with zero attached hydrogens (tertiary/aromatic N) is 2. The van der Waals surface area contributed by atoms with E-state index < -0.39 is 5.97 Å². The lowest BCUT2D eigenvalue weighted by Gasteiger charge is -2.06. The lowest BCUT2D eigenvalue weighted by molar-refractivity contribution is 0.0696. The smallest absolute Gasteiger partial charge is 0.337 e. The molecule has 2 aromatic heterocycles. The molecule has 0 saturated carbocycles. The summed E-state index contributed by atoms with van der Waals surface area (Å²) in [6.07, 6.45) is 1.79. The SMILES string of the molecule is Cc1c(C(=O)Nc2ccc(Cl)c(C(=O)O)c2)sc2nc(-c3ccc(F)cc3)cn12. The van der Waals surface area contributed by atoms with E-state index in [2.05, 4.69) is 10.3 Å². The molecule has 0 aliphatic carbocycles. The van der Waals surface area contributed by atoms with Crippen LogP contribution in [0.1, 0.15) is 25.7 Å². The third-order valence-electron chi connectivity index (χ3n) is 4.36. The fraction of sp³-hybridized carbons (Fsp3) is 0.0500. The third kappa shape index (κ3) is 3.59. The van der Waals surface area contributed by atoms with E-state index in [0.29, 0.717) is 26.9 Å². The quantitative estimate of drug-likeness (QED) is 0.472. The molecule has 0 radical (unpaired) electrons. The second-order valence-electron chi connectivity index (χ2n) is 6.26. The molecule has 0 saturated heterocycles. The first-order valence-corrected chi connectivity index (χ1v) is 9.61. The van der Waals surface area contributed by atoms with Crippen LogP contribution in [-0.2, 0) is 0 Å². The second kappa shape index (κ2) is 7.31. The molecule has 0 bridgehead atoms. The van der Waals surface area contributed by atoms with Gasteiger partial charge in [0.05, 0.1) is 16.3 Å². The number of imidazole rings is 1. The number of hydrogen-bond donors (Lipinski definition) is 2. The molecular weight excluding hydrogens is 417 g/mol. The van der Waals surface area contributed by atoms with Gasteiger partial charge in [-0.15, -0.1) is 0 Å². The van der Waals surface area contributed by atoms with Gasteiger partial charge in [-0.05, 0) is 49.4 Å². The third-order valence-corrected chi connectivity index (χ3v) is 5.84. The molecule has 0 aliphatic rings. The number of benzene rings is 2. The molecule has 0 fully saturated rings. The minimum atomic E-state index is -1.18. The number of carbonyl (C=O) groups is 2. The number of thiazole rings is 1. The van der Waals surface area contributed by atoms with Crippen molar-refractivity contribution in [3.8, 4) is 11.3 Å². The van der Waals surface area contributed by atoms with Crippen molar-refractivity contribution in [2.45, 2.75) is 6.92 Å². The lowest BCUT2D eigenvalue weighted by atomic mass is 10.2. The molecule has 29 heavy (non-hydrogen) atoms. The number of rotatable bonds is 4. The average Bonchev–Trinajstić information content (AvgIpc) is 3.23. The summed E-state index contributed by atoms with van der Waals surface area (Å²) < 4.78 is 14.9. The van der Waals surface area contributed by atoms with E-state index in [0.717, 1.165) is 5.56 Å². The molecule has 2 heterocycles. The molecule has 1 amide bonds. The van der Waals surface area contributed by atoms with E-state index in [-0.39, 0.29) is 22.3 Å². The molecule has 2 N–H and O–H groups in total. The first kappa shape index (κ1) is 19.1. The Hall–Kier alpha value is -3.23. The zero-order valence-electron chi connectivity index (χ0n) is 14.9. The molecule has 9 heteroatoms. The minimum absolute atomic E-state index is 0.0916. The number of aryl methyl sites for hydroxylation is 1. The Morgan fingerprint density at radius 3 is 2.59 bits per heavy atom. The highest BCUT2D eigenvalue weighted by atomic mass is 35.5. The van der Waals surface area contributed by atoms with Crippen LogP contribution in [0.15, 0.2) is 48.7 Å². The van der Waals surface area contributed by atoms with Crippen molar-refractivity contribution in [1.29, 1.82) is 0 Å². The Kier molecular flexibility index (Phi) is 4.81. The van der Waals surface area contributed by atoms with E-state index in [1.807, 2.05) is 0 Å². The molecule has 0 unspecified atom stereocenters. The highest BCUT2D eigenvalue weighted by Gasteiger charge is 2.19. The molecule has 6 nitrogen and oxygen atoms in total. The summed E-state index contributed by atoms with van der Waals surface area (Å²) in [7, 11) is 0. The molecule has 4 aromatic rings. The summed E-state index contributed by atoms with van der Waals surface area (Å²) in [6, 6.07) is 10.3. The van der Waals surface area contributed by atoms with Crippen LogP contribution in [0, 0.1) is 12.7 Å². The fourth-order valence-electron chi connectivity index (χ4n) is 2.88. The number of aromatic nitrogens is 2. The Labute approximate surface area is 173 Å². The molecule has 4 rings (SSSR count). The Morgan fingerprint density at radius 1 is 1.21 bits per heavy atom. The van der Waals surface area contributed by atoms with E-state index in [4.69, 9.17) is 16.7 Å². The predicted molar refractivity (Wildman–Crippen MR) is 110 cm³/mol. The summed E-state index contributed by atoms with van der Waals surface area (Å²) in [6.45, 7) is 1.79. The van der Waals surface area contributed by atoms with Crippen molar-refractivity contribution in [2.24, 2.45) is 0 Å². The van der Waals surface area contributed by atoms with Crippen LogP contribution in [0.4, 0.5) is 10.1 Å². The van der Waals surface area contributed by atoms with Crippen LogP contribution in [0.5, 0.6) is 0 Å². The highest BCUT2D eigenvalue weighted by molar-refractivity contribution is 7.19. The maximum Gasteiger partial charge on any atom is 0.337 e. The van der Waals surface area contributed by atoms with E-state index in [1.54, 1.807) is 29.7 Å². The van der Waals surface area contributed by atoms with E-state index >= 15 is 0 Å². The number of aromatic carboxylic acids is 1. The van der Waals surface area contributed by atoms with E-state index in [9.17, 15) is 14.0 Å². The monoisotopic (exact) mass is 429 g/mol. The number of hydrogen-bond acceptors (Lipinski definition) is 4. The van der Waals surface area contributed by atoms with Crippen molar-refractivity contribution < 1.29 is 19.1 Å². The normalized spacial score (nSPS) is 11.0. The van der Waals surface area contributed by atoms with Gasteiger partial charge in [-0.2, -0.15) is 0 Å². The largest absolute Gasteiger partial charge is 0.478 e. The lowest BCUT2D eigenvalue weighted by Crippen LogP contribution is -2.12. The van der Waals surface area contributed by atoms with Gasteiger partial charge in [-0.1, -0.05) is 22.9 Å². The molecule has 146 valence electrons. The number of carboxylic acids is 1. The van der Waals surface area contributed by atoms with Gasteiger partial charge in [0.1, 0.15) is 10.7 Å². The minimum Gasteiger partial charge on any atom is -0.478 e. The van der Waals surface area contributed by atoms with Gasteiger partial charge in [-0.3, -0.25) is 9.20 Å². The van der Waals surface area contributed by atoms with E-state index in [1.165, 1.54) is 41.7 Å². The second-order valence-corrected chi connectivity index (χ2v) is 7.64. The number of carbonyl (C=O) groups excluding carboxylic acids is 1. The van der Waals surface area contributed by atoms with Gasteiger partial charge < -0.3 is 10.4 Å². The number of halogens is 2. The first-order chi connectivity index (χ1) is 13.8. The highest BCUT2D eigenvalue weighted by Crippen LogP contribution is 2.28. The summed E-state index contributed by atoms with van der Waals surface area (Å²) in [5, 5.41) is 11.9. The molecule has 0 spiro atoms. The Balaban J connectivity index is 1.62. The van der Waals surface area contributed by atoms with Crippen LogP contribution in [0.2, 0.25) is 5.02 Å². The topological polar surface area (TPSA) is 83.7 Å².